The highest BCUT2D eigenvalue weighted by molar-refractivity contribution is 9.10. The molecule has 0 radical (unpaired) electrons. The Balaban J connectivity index is 1.14. The van der Waals surface area contributed by atoms with Gasteiger partial charge in [-0.2, -0.15) is 13.2 Å². The Kier molecular flexibility index (Phi) is 5.93. The van der Waals surface area contributed by atoms with E-state index in [1.54, 1.807) is 11.6 Å². The maximum absolute atomic E-state index is 13.3. The number of hydrazone groups is 1. The van der Waals surface area contributed by atoms with E-state index in [2.05, 4.69) is 60.4 Å². The molecule has 3 aliphatic rings. The van der Waals surface area contributed by atoms with Gasteiger partial charge in [-0.1, -0.05) is 44.5 Å². The summed E-state index contributed by atoms with van der Waals surface area (Å²) in [6.45, 7) is 3.25. The zero-order valence-electron chi connectivity index (χ0n) is 18.4. The first-order chi connectivity index (χ1) is 15.7. The second kappa shape index (κ2) is 8.49. The molecule has 2 unspecified atom stereocenters. The van der Waals surface area contributed by atoms with Crippen LogP contribution in [-0.2, 0) is 12.5 Å². The SMILES string of the molecule is Cn1c(SCCCN2C[C@@H]3CC3(c3ccc(Br)cc3)C2)nnc1C1C=[N+](C)N=C1C(F)(F)F. The van der Waals surface area contributed by atoms with Crippen LogP contribution in [0.15, 0.2) is 39.0 Å². The molecule has 2 aromatic rings. The molecule has 1 saturated carbocycles. The van der Waals surface area contributed by atoms with Crippen LogP contribution in [0.4, 0.5) is 13.2 Å². The second-order valence-electron chi connectivity index (χ2n) is 9.08. The first-order valence-corrected chi connectivity index (χ1v) is 12.7. The molecule has 33 heavy (non-hydrogen) atoms. The monoisotopic (exact) mass is 541 g/mol. The number of aromatic nitrogens is 3. The van der Waals surface area contributed by atoms with Gasteiger partial charge in [-0.15, -0.1) is 10.2 Å². The van der Waals surface area contributed by atoms with Gasteiger partial charge in [0.1, 0.15) is 0 Å². The van der Waals surface area contributed by atoms with Crippen molar-refractivity contribution in [1.29, 1.82) is 0 Å². The lowest BCUT2D eigenvalue weighted by Crippen LogP contribution is -2.29. The Hall–Kier alpha value is -1.72. The van der Waals surface area contributed by atoms with E-state index < -0.39 is 17.8 Å². The van der Waals surface area contributed by atoms with Gasteiger partial charge in [0, 0.05) is 40.9 Å². The first kappa shape index (κ1) is 23.0. The predicted octanol–water partition coefficient (Wildman–Crippen LogP) is 4.06. The van der Waals surface area contributed by atoms with Gasteiger partial charge >= 0.3 is 6.18 Å². The molecule has 1 aromatic heterocycles. The highest BCUT2D eigenvalue weighted by Gasteiger charge is 2.60. The van der Waals surface area contributed by atoms with Gasteiger partial charge in [-0.05, 0) is 43.0 Å². The van der Waals surface area contributed by atoms with Crippen LogP contribution in [0.5, 0.6) is 0 Å². The molecular formula is C22H25BrF3N6S+. The van der Waals surface area contributed by atoms with Crippen molar-refractivity contribution in [3.63, 3.8) is 0 Å². The molecule has 0 amide bonds. The molecule has 3 atom stereocenters. The maximum atomic E-state index is 13.3. The summed E-state index contributed by atoms with van der Waals surface area (Å²) in [5, 5.41) is 12.4. The Morgan fingerprint density at radius 2 is 2.00 bits per heavy atom. The van der Waals surface area contributed by atoms with Crippen LogP contribution >= 0.6 is 27.7 Å². The Morgan fingerprint density at radius 1 is 1.24 bits per heavy atom. The molecule has 176 valence electrons. The van der Waals surface area contributed by atoms with Crippen molar-refractivity contribution < 1.29 is 17.9 Å². The molecule has 1 aliphatic carbocycles. The van der Waals surface area contributed by atoms with Crippen LogP contribution in [0.25, 0.3) is 0 Å². The van der Waals surface area contributed by atoms with E-state index in [0.717, 1.165) is 42.2 Å². The summed E-state index contributed by atoms with van der Waals surface area (Å²) < 4.78 is 44.0. The molecule has 5 rings (SSSR count). The molecule has 3 heterocycles. The minimum absolute atomic E-state index is 0.258. The average Bonchev–Trinajstić information content (AvgIpc) is 3.06. The third-order valence-electron chi connectivity index (χ3n) is 6.85. The smallest absolute Gasteiger partial charge is 0.308 e. The van der Waals surface area contributed by atoms with Gasteiger partial charge in [0.2, 0.25) is 5.71 Å². The Labute approximate surface area is 203 Å². The lowest BCUT2D eigenvalue weighted by atomic mass is 9.95. The summed E-state index contributed by atoms with van der Waals surface area (Å²) in [4.78, 5) is 2.54. The molecule has 11 heteroatoms. The fraction of sp³-hybridized carbons (Fsp3) is 0.545. The molecule has 2 aliphatic heterocycles. The summed E-state index contributed by atoms with van der Waals surface area (Å²) in [5.74, 6) is 0.812. The molecule has 1 aromatic carbocycles. The van der Waals surface area contributed by atoms with Gasteiger partial charge in [-0.3, -0.25) is 0 Å². The van der Waals surface area contributed by atoms with Gasteiger partial charge in [0.05, 0.1) is 0 Å². The van der Waals surface area contributed by atoms with Gasteiger partial charge < -0.3 is 9.47 Å². The van der Waals surface area contributed by atoms with E-state index in [0.29, 0.717) is 10.6 Å². The lowest BCUT2D eigenvalue weighted by molar-refractivity contribution is -0.495. The van der Waals surface area contributed by atoms with Crippen molar-refractivity contribution in [1.82, 2.24) is 19.7 Å². The van der Waals surface area contributed by atoms with E-state index >= 15 is 0 Å². The lowest BCUT2D eigenvalue weighted by Gasteiger charge is -2.21. The molecule has 2 fully saturated rings. The van der Waals surface area contributed by atoms with Crippen molar-refractivity contribution in [3.8, 4) is 0 Å². The number of nitrogens with zero attached hydrogens (tertiary/aromatic N) is 6. The van der Waals surface area contributed by atoms with Crippen LogP contribution in [0, 0.1) is 5.92 Å². The highest BCUT2D eigenvalue weighted by atomic mass is 79.9. The first-order valence-electron chi connectivity index (χ1n) is 10.9. The summed E-state index contributed by atoms with van der Waals surface area (Å²) in [6, 6.07) is 8.73. The van der Waals surface area contributed by atoms with Crippen LogP contribution in [-0.4, -0.2) is 74.9 Å². The van der Waals surface area contributed by atoms with Gasteiger partial charge in [-0.25, -0.2) is 0 Å². The molecule has 0 N–H and O–H groups in total. The van der Waals surface area contributed by atoms with E-state index in [4.69, 9.17) is 0 Å². The van der Waals surface area contributed by atoms with Crippen molar-refractivity contribution in [2.24, 2.45) is 18.1 Å². The van der Waals surface area contributed by atoms with Crippen molar-refractivity contribution in [2.75, 3.05) is 32.4 Å². The maximum Gasteiger partial charge on any atom is 0.436 e. The normalized spacial score (nSPS) is 27.0. The molecule has 6 nitrogen and oxygen atoms in total. The fourth-order valence-corrected chi connectivity index (χ4v) is 6.24. The van der Waals surface area contributed by atoms with Gasteiger partial charge in [0.25, 0.3) is 0 Å². The highest BCUT2D eigenvalue weighted by Crippen LogP contribution is 2.59. The van der Waals surface area contributed by atoms with E-state index in [-0.39, 0.29) is 5.82 Å². The quantitative estimate of drug-likeness (QED) is 0.301. The summed E-state index contributed by atoms with van der Waals surface area (Å²) in [7, 11) is 3.20. The minimum atomic E-state index is -4.50. The number of rotatable bonds is 7. The largest absolute Gasteiger partial charge is 0.436 e. The molecular weight excluding hydrogens is 517 g/mol. The minimum Gasteiger partial charge on any atom is -0.308 e. The predicted molar refractivity (Wildman–Crippen MR) is 125 cm³/mol. The van der Waals surface area contributed by atoms with E-state index in [1.807, 2.05) is 0 Å². The number of halogens is 4. The number of alkyl halides is 3. The average molecular weight is 542 g/mol. The van der Waals surface area contributed by atoms with Crippen LogP contribution in [0.2, 0.25) is 0 Å². The molecule has 1 saturated heterocycles. The molecule has 0 bridgehead atoms. The zero-order valence-corrected chi connectivity index (χ0v) is 20.8. The summed E-state index contributed by atoms with van der Waals surface area (Å²) in [5.41, 5.74) is 0.911. The van der Waals surface area contributed by atoms with Crippen LogP contribution < -0.4 is 0 Å². The summed E-state index contributed by atoms with van der Waals surface area (Å²) >= 11 is 5.05. The second-order valence-corrected chi connectivity index (χ2v) is 11.1. The number of hydrogen-bond donors (Lipinski definition) is 0. The number of thioether (sulfide) groups is 1. The van der Waals surface area contributed by atoms with Gasteiger partial charge in [0.15, 0.2) is 30.2 Å². The van der Waals surface area contributed by atoms with Crippen molar-refractivity contribution in [2.45, 2.75) is 35.5 Å². The standard InChI is InChI=1S/C22H25BrF3N6S/c1-30-12-17(18(29-30)22(24,25)26)19-27-28-20(31(19)2)33-9-3-8-32-11-15-10-21(15,13-32)14-4-6-16(23)7-5-14/h4-7,12,15,17H,3,8-11,13H2,1-2H3/q+1/t15-,17?,21?/m0/s1. The summed E-state index contributed by atoms with van der Waals surface area (Å²) in [6.07, 6.45) is -0.821. The number of likely N-dealkylation sites (tertiary alicyclic amines) is 1. The third-order valence-corrected chi connectivity index (χ3v) is 8.48. The Morgan fingerprint density at radius 3 is 2.73 bits per heavy atom. The van der Waals surface area contributed by atoms with Crippen molar-refractivity contribution in [3.05, 3.63) is 40.1 Å². The Bertz CT molecular complexity index is 1110. The van der Waals surface area contributed by atoms with Crippen LogP contribution in [0.3, 0.4) is 0 Å². The number of hydrogen-bond acceptors (Lipinski definition) is 5. The molecule has 0 spiro atoms. The third kappa shape index (κ3) is 4.39. The zero-order chi connectivity index (χ0) is 23.4. The van der Waals surface area contributed by atoms with Crippen molar-refractivity contribution >= 4 is 39.6 Å². The van der Waals surface area contributed by atoms with Crippen LogP contribution in [0.1, 0.15) is 30.1 Å². The van der Waals surface area contributed by atoms with E-state index in [9.17, 15) is 13.2 Å². The fourth-order valence-electron chi connectivity index (χ4n) is 5.13. The topological polar surface area (TPSA) is 49.3 Å². The van der Waals surface area contributed by atoms with E-state index in [1.165, 1.54) is 41.7 Å². The number of fused-ring (bicyclic) bond motifs is 1. The number of piperidine rings is 1. The number of benzene rings is 1.